The number of rotatable bonds is 7. The van der Waals surface area contributed by atoms with Gasteiger partial charge in [-0.25, -0.2) is 0 Å². The first kappa shape index (κ1) is 21.5. The molecule has 0 spiro atoms. The van der Waals surface area contributed by atoms with Crippen LogP contribution in [0, 0.1) is 0 Å². The standard InChI is InChI=1S/C27H29N5OS/c1-17(19-11-10-18-6-2-3-7-20(18)14-19)29-25(33)16-34-27-31-30-26(32(27)21-12-13-21)23-15-28-24-9-5-4-8-22(23)24/h4-5,8-11,14-15,17,21,28H,2-3,6-7,12-13,16H2,1H3,(H,29,33). The highest BCUT2D eigenvalue weighted by Crippen LogP contribution is 2.42. The number of nitrogens with zero attached hydrogens (tertiary/aromatic N) is 3. The lowest BCUT2D eigenvalue weighted by atomic mass is 9.89. The third kappa shape index (κ3) is 4.13. The lowest BCUT2D eigenvalue weighted by Crippen LogP contribution is -2.28. The Morgan fingerprint density at radius 2 is 1.97 bits per heavy atom. The Bertz CT molecular complexity index is 1350. The molecule has 0 aliphatic heterocycles. The summed E-state index contributed by atoms with van der Waals surface area (Å²) in [6, 6.07) is 15.3. The van der Waals surface area contributed by atoms with E-state index < -0.39 is 0 Å². The van der Waals surface area contributed by atoms with Crippen LogP contribution in [0.4, 0.5) is 0 Å². The normalized spacial score (nSPS) is 16.4. The van der Waals surface area contributed by atoms with E-state index in [0.717, 1.165) is 46.7 Å². The molecule has 6 nitrogen and oxygen atoms in total. The molecule has 2 aromatic heterocycles. The quantitative estimate of drug-likeness (QED) is 0.344. The van der Waals surface area contributed by atoms with Crippen LogP contribution in [0.2, 0.25) is 0 Å². The highest BCUT2D eigenvalue weighted by atomic mass is 32.2. The number of aryl methyl sites for hydroxylation is 2. The van der Waals surface area contributed by atoms with Gasteiger partial charge in [-0.15, -0.1) is 10.2 Å². The molecule has 4 aromatic rings. The Labute approximate surface area is 203 Å². The van der Waals surface area contributed by atoms with Crippen molar-refractivity contribution in [2.75, 3.05) is 5.75 Å². The average Bonchev–Trinajstić information content (AvgIpc) is 3.47. The molecule has 0 bridgehead atoms. The number of hydrogen-bond donors (Lipinski definition) is 2. The summed E-state index contributed by atoms with van der Waals surface area (Å²) in [4.78, 5) is 16.1. The van der Waals surface area contributed by atoms with Crippen LogP contribution in [-0.4, -0.2) is 31.4 Å². The van der Waals surface area contributed by atoms with Gasteiger partial charge in [0.2, 0.25) is 5.91 Å². The fourth-order valence-electron chi connectivity index (χ4n) is 5.00. The van der Waals surface area contributed by atoms with Gasteiger partial charge in [-0.3, -0.25) is 9.36 Å². The van der Waals surface area contributed by atoms with Gasteiger partial charge in [0.1, 0.15) is 0 Å². The number of carbonyl (C=O) groups excluding carboxylic acids is 1. The topological polar surface area (TPSA) is 75.6 Å². The zero-order valence-corrected chi connectivity index (χ0v) is 20.2. The molecule has 1 unspecified atom stereocenters. The Morgan fingerprint density at radius 1 is 1.15 bits per heavy atom. The van der Waals surface area contributed by atoms with E-state index in [4.69, 9.17) is 0 Å². The molecule has 1 atom stereocenters. The monoisotopic (exact) mass is 471 g/mol. The molecule has 6 rings (SSSR count). The molecule has 2 aliphatic carbocycles. The Kier molecular flexibility index (Phi) is 5.65. The van der Waals surface area contributed by atoms with Crippen LogP contribution in [0.3, 0.4) is 0 Å². The lowest BCUT2D eigenvalue weighted by Gasteiger charge is -2.20. The third-order valence-electron chi connectivity index (χ3n) is 6.99. The summed E-state index contributed by atoms with van der Waals surface area (Å²) in [6.45, 7) is 2.06. The first-order valence-electron chi connectivity index (χ1n) is 12.2. The molecule has 1 saturated carbocycles. The number of amides is 1. The summed E-state index contributed by atoms with van der Waals surface area (Å²) in [5, 5.41) is 14.2. The average molecular weight is 472 g/mol. The van der Waals surface area contributed by atoms with Crippen molar-refractivity contribution in [1.29, 1.82) is 0 Å². The van der Waals surface area contributed by atoms with Crippen molar-refractivity contribution in [3.05, 3.63) is 65.4 Å². The molecule has 174 valence electrons. The maximum atomic E-state index is 12.8. The van der Waals surface area contributed by atoms with E-state index in [1.54, 1.807) is 0 Å². The number of H-pyrrole nitrogens is 1. The van der Waals surface area contributed by atoms with Crippen LogP contribution in [-0.2, 0) is 17.6 Å². The van der Waals surface area contributed by atoms with Crippen molar-refractivity contribution in [2.45, 2.75) is 62.7 Å². The smallest absolute Gasteiger partial charge is 0.230 e. The summed E-state index contributed by atoms with van der Waals surface area (Å²) in [7, 11) is 0. The van der Waals surface area contributed by atoms with Gasteiger partial charge in [0, 0.05) is 28.7 Å². The van der Waals surface area contributed by atoms with E-state index in [-0.39, 0.29) is 11.9 Å². The van der Waals surface area contributed by atoms with Gasteiger partial charge in [-0.05, 0) is 68.2 Å². The molecule has 2 N–H and O–H groups in total. The van der Waals surface area contributed by atoms with E-state index in [0.29, 0.717) is 11.8 Å². The SMILES string of the molecule is CC(NC(=O)CSc1nnc(-c2c[nH]c3ccccc23)n1C1CC1)c1ccc2c(c1)CCCC2. The zero-order chi connectivity index (χ0) is 23.1. The maximum absolute atomic E-state index is 12.8. The number of hydrogen-bond acceptors (Lipinski definition) is 4. The lowest BCUT2D eigenvalue weighted by molar-refractivity contribution is -0.119. The molecule has 1 amide bonds. The van der Waals surface area contributed by atoms with Crippen LogP contribution in [0.25, 0.3) is 22.3 Å². The minimum atomic E-state index is -0.0107. The Balaban J connectivity index is 1.15. The molecular formula is C27H29N5OS. The van der Waals surface area contributed by atoms with Crippen molar-refractivity contribution in [3.8, 4) is 11.4 Å². The number of nitrogens with one attached hydrogen (secondary N) is 2. The first-order valence-corrected chi connectivity index (χ1v) is 13.2. The van der Waals surface area contributed by atoms with Crippen molar-refractivity contribution in [1.82, 2.24) is 25.1 Å². The van der Waals surface area contributed by atoms with E-state index in [2.05, 4.69) is 62.3 Å². The number of carbonyl (C=O) groups is 1. The summed E-state index contributed by atoms with van der Waals surface area (Å²) in [6.07, 6.45) is 9.13. The number of thioether (sulfide) groups is 1. The number of benzene rings is 2. The molecule has 1 fully saturated rings. The second-order valence-electron chi connectivity index (χ2n) is 9.47. The van der Waals surface area contributed by atoms with Crippen molar-refractivity contribution >= 4 is 28.6 Å². The maximum Gasteiger partial charge on any atom is 0.230 e. The molecule has 34 heavy (non-hydrogen) atoms. The number of aromatic amines is 1. The minimum Gasteiger partial charge on any atom is -0.360 e. The first-order chi connectivity index (χ1) is 16.7. The second-order valence-corrected chi connectivity index (χ2v) is 10.4. The van der Waals surface area contributed by atoms with Gasteiger partial charge < -0.3 is 10.3 Å². The summed E-state index contributed by atoms with van der Waals surface area (Å²) >= 11 is 1.47. The summed E-state index contributed by atoms with van der Waals surface area (Å²) < 4.78 is 2.22. The predicted octanol–water partition coefficient (Wildman–Crippen LogP) is 5.61. The van der Waals surface area contributed by atoms with Crippen molar-refractivity contribution in [3.63, 3.8) is 0 Å². The van der Waals surface area contributed by atoms with Crippen molar-refractivity contribution < 1.29 is 4.79 Å². The van der Waals surface area contributed by atoms with Gasteiger partial charge in [-0.1, -0.05) is 48.2 Å². The van der Waals surface area contributed by atoms with Crippen LogP contribution in [0.15, 0.2) is 53.8 Å². The largest absolute Gasteiger partial charge is 0.360 e. The summed E-state index contributed by atoms with van der Waals surface area (Å²) in [5.74, 6) is 1.23. The molecule has 0 radical (unpaired) electrons. The molecule has 2 heterocycles. The molecule has 2 aliphatic rings. The molecule has 2 aromatic carbocycles. The van der Waals surface area contributed by atoms with Crippen LogP contribution >= 0.6 is 11.8 Å². The number of aromatic nitrogens is 4. The molecule has 7 heteroatoms. The molecular weight excluding hydrogens is 442 g/mol. The van der Waals surface area contributed by atoms with Gasteiger partial charge >= 0.3 is 0 Å². The summed E-state index contributed by atoms with van der Waals surface area (Å²) in [5.41, 5.74) is 6.25. The zero-order valence-electron chi connectivity index (χ0n) is 19.4. The van der Waals surface area contributed by atoms with Gasteiger partial charge in [0.25, 0.3) is 0 Å². The minimum absolute atomic E-state index is 0.0107. The van der Waals surface area contributed by atoms with E-state index in [1.807, 2.05) is 18.3 Å². The highest BCUT2D eigenvalue weighted by molar-refractivity contribution is 7.99. The van der Waals surface area contributed by atoms with Gasteiger partial charge in [0.15, 0.2) is 11.0 Å². The van der Waals surface area contributed by atoms with Crippen LogP contribution in [0.1, 0.15) is 61.4 Å². The molecule has 0 saturated heterocycles. The van der Waals surface area contributed by atoms with E-state index >= 15 is 0 Å². The Hall–Kier alpha value is -3.06. The highest BCUT2D eigenvalue weighted by Gasteiger charge is 2.31. The van der Waals surface area contributed by atoms with Gasteiger partial charge in [-0.2, -0.15) is 0 Å². The number of fused-ring (bicyclic) bond motifs is 2. The third-order valence-corrected chi connectivity index (χ3v) is 7.93. The van der Waals surface area contributed by atoms with Crippen LogP contribution < -0.4 is 5.32 Å². The van der Waals surface area contributed by atoms with E-state index in [9.17, 15) is 4.79 Å². The van der Waals surface area contributed by atoms with E-state index in [1.165, 1.54) is 47.7 Å². The number of para-hydroxylation sites is 1. The van der Waals surface area contributed by atoms with Crippen LogP contribution in [0.5, 0.6) is 0 Å². The fourth-order valence-corrected chi connectivity index (χ4v) is 5.81. The van der Waals surface area contributed by atoms with Crippen molar-refractivity contribution in [2.24, 2.45) is 0 Å². The fraction of sp³-hybridized carbons (Fsp3) is 0.370. The predicted molar refractivity (Wildman–Crippen MR) is 136 cm³/mol. The Morgan fingerprint density at radius 3 is 2.82 bits per heavy atom. The second kappa shape index (κ2) is 8.95. The van der Waals surface area contributed by atoms with Gasteiger partial charge in [0.05, 0.1) is 11.8 Å².